The summed E-state index contributed by atoms with van der Waals surface area (Å²) in [6.45, 7) is 9.30. The molecule has 2 N–H and O–H groups in total. The Bertz CT molecular complexity index is 1030. The van der Waals surface area contributed by atoms with Crippen molar-refractivity contribution in [3.05, 3.63) is 49.3 Å². The van der Waals surface area contributed by atoms with Crippen LogP contribution in [0.2, 0.25) is 0 Å². The molecule has 31 heavy (non-hydrogen) atoms. The molecule has 8 heteroatoms. The number of carbonyl (C=O) groups is 1. The molecule has 162 valence electrons. The number of nitrogens with one attached hydrogen (secondary N) is 2. The van der Waals surface area contributed by atoms with Crippen molar-refractivity contribution in [3.8, 4) is 22.7 Å². The van der Waals surface area contributed by atoms with Crippen molar-refractivity contribution in [1.29, 1.82) is 0 Å². The van der Waals surface area contributed by atoms with Gasteiger partial charge in [-0.25, -0.2) is 9.97 Å². The van der Waals surface area contributed by atoms with Gasteiger partial charge < -0.3 is 19.9 Å². The van der Waals surface area contributed by atoms with Crippen LogP contribution in [0, 0.1) is 0 Å². The smallest absolute Gasteiger partial charge is 0.298 e. The summed E-state index contributed by atoms with van der Waals surface area (Å²) in [4.78, 5) is 24.2. The van der Waals surface area contributed by atoms with Crippen LogP contribution in [-0.4, -0.2) is 43.1 Å². The lowest BCUT2D eigenvalue weighted by Crippen LogP contribution is -2.60. The van der Waals surface area contributed by atoms with E-state index in [1.165, 1.54) is 0 Å². The number of carbonyl (C=O) groups excluding carboxylic acids is 1. The van der Waals surface area contributed by atoms with Crippen LogP contribution in [0.25, 0.3) is 16.9 Å². The van der Waals surface area contributed by atoms with Crippen LogP contribution in [0.1, 0.15) is 40.5 Å². The predicted octanol–water partition coefficient (Wildman–Crippen LogP) is 3.59. The maximum Gasteiger partial charge on any atom is 0.298 e. The van der Waals surface area contributed by atoms with Crippen molar-refractivity contribution in [2.24, 2.45) is 0 Å². The zero-order valence-corrected chi connectivity index (χ0v) is 18.3. The highest BCUT2D eigenvalue weighted by Gasteiger charge is 2.37. The monoisotopic (exact) mass is 420 g/mol. The minimum Gasteiger partial charge on any atom is -0.428 e. The van der Waals surface area contributed by atoms with E-state index in [0.29, 0.717) is 29.5 Å². The Morgan fingerprint density at radius 3 is 2.55 bits per heavy atom. The van der Waals surface area contributed by atoms with Crippen LogP contribution >= 0.6 is 0 Å². The van der Waals surface area contributed by atoms with Crippen LogP contribution < -0.4 is 15.4 Å². The number of piperidine rings is 1. The lowest BCUT2D eigenvalue weighted by atomic mass is 9.79. The van der Waals surface area contributed by atoms with Gasteiger partial charge in [0.15, 0.2) is 0 Å². The van der Waals surface area contributed by atoms with Gasteiger partial charge in [-0.05, 0) is 52.7 Å². The van der Waals surface area contributed by atoms with Gasteiger partial charge in [-0.15, -0.1) is 0 Å². The van der Waals surface area contributed by atoms with Crippen molar-refractivity contribution >= 4 is 12.3 Å². The summed E-state index contributed by atoms with van der Waals surface area (Å²) in [5.41, 5.74) is 2.25. The van der Waals surface area contributed by atoms with Gasteiger partial charge in [0.25, 0.3) is 6.47 Å². The van der Waals surface area contributed by atoms with E-state index in [0.717, 1.165) is 24.3 Å². The maximum atomic E-state index is 11.0. The quantitative estimate of drug-likeness (QED) is 0.589. The molecule has 0 unspecified atom stereocenters. The third-order valence-electron chi connectivity index (χ3n) is 5.41. The summed E-state index contributed by atoms with van der Waals surface area (Å²) in [6, 6.07) is 5.86. The Kier molecular flexibility index (Phi) is 5.49. The van der Waals surface area contributed by atoms with Crippen molar-refractivity contribution in [2.45, 2.75) is 57.7 Å². The Labute approximate surface area is 182 Å². The second-order valence-corrected chi connectivity index (χ2v) is 9.29. The van der Waals surface area contributed by atoms with Gasteiger partial charge in [0, 0.05) is 41.1 Å². The van der Waals surface area contributed by atoms with Gasteiger partial charge in [0.1, 0.15) is 11.6 Å². The van der Waals surface area contributed by atoms with Crippen LogP contribution in [0.3, 0.4) is 0 Å². The molecule has 0 amide bonds. The van der Waals surface area contributed by atoms with Gasteiger partial charge >= 0.3 is 0 Å². The van der Waals surface area contributed by atoms with E-state index in [1.54, 1.807) is 31.0 Å². The molecule has 3 heterocycles. The molecule has 0 saturated carbocycles. The van der Waals surface area contributed by atoms with Crippen LogP contribution in [0.5, 0.6) is 5.75 Å². The Morgan fingerprint density at radius 1 is 1.16 bits per heavy atom. The molecule has 1 saturated heterocycles. The molecule has 1 aliphatic rings. The molecule has 4 rings (SSSR count). The summed E-state index contributed by atoms with van der Waals surface area (Å²) in [7, 11) is 0. The number of aromatic nitrogens is 4. The van der Waals surface area contributed by atoms with Gasteiger partial charge in [-0.3, -0.25) is 9.78 Å². The van der Waals surface area contributed by atoms with Crippen LogP contribution in [0.15, 0.2) is 49.3 Å². The molecule has 0 spiro atoms. The molecule has 0 atom stereocenters. The summed E-state index contributed by atoms with van der Waals surface area (Å²) in [5, 5.41) is 7.21. The molecular weight excluding hydrogens is 392 g/mol. The zero-order valence-electron chi connectivity index (χ0n) is 18.3. The van der Waals surface area contributed by atoms with Gasteiger partial charge in [0.2, 0.25) is 0 Å². The third-order valence-corrected chi connectivity index (χ3v) is 5.41. The summed E-state index contributed by atoms with van der Waals surface area (Å²) >= 11 is 0. The van der Waals surface area contributed by atoms with Crippen molar-refractivity contribution in [1.82, 2.24) is 24.8 Å². The minimum atomic E-state index is 0.0465. The van der Waals surface area contributed by atoms with E-state index in [2.05, 4.69) is 53.3 Å². The molecule has 0 radical (unpaired) electrons. The predicted molar refractivity (Wildman–Crippen MR) is 119 cm³/mol. The number of hydrogen-bond acceptors (Lipinski definition) is 7. The van der Waals surface area contributed by atoms with E-state index in [9.17, 15) is 4.79 Å². The SMILES string of the molecule is CC1(C)CC(Nc2cnc(-c3ccc(-n4ccnc4)cc3OC=O)cn2)CC(C)(C)N1. The molecule has 0 bridgehead atoms. The number of hydrogen-bond donors (Lipinski definition) is 2. The first kappa shape index (κ1) is 21.0. The van der Waals surface area contributed by atoms with E-state index in [-0.39, 0.29) is 11.1 Å². The second-order valence-electron chi connectivity index (χ2n) is 9.29. The molecule has 3 aromatic rings. The number of benzene rings is 1. The van der Waals surface area contributed by atoms with Crippen molar-refractivity contribution in [3.63, 3.8) is 0 Å². The Morgan fingerprint density at radius 2 is 1.94 bits per heavy atom. The van der Waals surface area contributed by atoms with Crippen molar-refractivity contribution in [2.75, 3.05) is 5.32 Å². The fraction of sp³-hybridized carbons (Fsp3) is 0.391. The summed E-state index contributed by atoms with van der Waals surface area (Å²) in [5.74, 6) is 1.15. The molecule has 0 aliphatic carbocycles. The van der Waals surface area contributed by atoms with Gasteiger partial charge in [-0.2, -0.15) is 0 Å². The van der Waals surface area contributed by atoms with Crippen molar-refractivity contribution < 1.29 is 9.53 Å². The van der Waals surface area contributed by atoms with Gasteiger partial charge in [0.05, 0.1) is 30.1 Å². The number of nitrogens with zero attached hydrogens (tertiary/aromatic N) is 4. The minimum absolute atomic E-state index is 0.0465. The lowest BCUT2D eigenvalue weighted by Gasteiger charge is -2.46. The number of anilines is 1. The highest BCUT2D eigenvalue weighted by atomic mass is 16.5. The number of rotatable bonds is 6. The van der Waals surface area contributed by atoms with Crippen LogP contribution in [0.4, 0.5) is 5.82 Å². The van der Waals surface area contributed by atoms with E-state index in [1.807, 2.05) is 22.9 Å². The Hall–Kier alpha value is -3.26. The fourth-order valence-corrected chi connectivity index (χ4v) is 4.62. The standard InChI is InChI=1S/C23H28N6O2/c1-22(2)10-16(11-23(3,4)28-22)27-21-13-25-19(12-26-21)18-6-5-17(9-20(18)31-15-30)29-8-7-24-14-29/h5-9,12-16,28H,10-11H2,1-4H3,(H,26,27). The first-order chi connectivity index (χ1) is 14.7. The molecule has 2 aromatic heterocycles. The highest BCUT2D eigenvalue weighted by molar-refractivity contribution is 5.71. The normalized spacial score (nSPS) is 17.8. The molecule has 1 aromatic carbocycles. The molecular formula is C23H28N6O2. The largest absolute Gasteiger partial charge is 0.428 e. The van der Waals surface area contributed by atoms with Gasteiger partial charge in [-0.1, -0.05) is 0 Å². The first-order valence-electron chi connectivity index (χ1n) is 10.4. The summed E-state index contributed by atoms with van der Waals surface area (Å²) in [6.07, 6.45) is 10.6. The molecule has 1 fully saturated rings. The fourth-order valence-electron chi connectivity index (χ4n) is 4.62. The second kappa shape index (κ2) is 8.11. The Balaban J connectivity index is 1.54. The molecule has 1 aliphatic heterocycles. The summed E-state index contributed by atoms with van der Waals surface area (Å²) < 4.78 is 7.06. The number of ether oxygens (including phenoxy) is 1. The zero-order chi connectivity index (χ0) is 22.1. The van der Waals surface area contributed by atoms with E-state index >= 15 is 0 Å². The number of imidazole rings is 1. The average molecular weight is 421 g/mol. The third kappa shape index (κ3) is 4.91. The first-order valence-corrected chi connectivity index (χ1v) is 10.4. The average Bonchev–Trinajstić information content (AvgIpc) is 3.21. The highest BCUT2D eigenvalue weighted by Crippen LogP contribution is 2.32. The maximum absolute atomic E-state index is 11.0. The molecule has 8 nitrogen and oxygen atoms in total. The lowest BCUT2D eigenvalue weighted by molar-refractivity contribution is -0.120. The van der Waals surface area contributed by atoms with E-state index < -0.39 is 0 Å². The van der Waals surface area contributed by atoms with Crippen LogP contribution in [-0.2, 0) is 4.79 Å². The topological polar surface area (TPSA) is 94.0 Å². The van der Waals surface area contributed by atoms with E-state index in [4.69, 9.17) is 4.74 Å².